The Morgan fingerprint density at radius 2 is 1.90 bits per heavy atom. The smallest absolute Gasteiger partial charge is 0.331 e. The van der Waals surface area contributed by atoms with Crippen LogP contribution in [0.4, 0.5) is 9.18 Å². The molecular formula is C28H33FN4O7S. The molecule has 0 saturated carbocycles. The lowest BCUT2D eigenvalue weighted by atomic mass is 9.91. The highest BCUT2D eigenvalue weighted by Crippen LogP contribution is 2.32. The number of aryl methyl sites for hydroxylation is 1. The van der Waals surface area contributed by atoms with Crippen LogP contribution >= 0.6 is 0 Å². The molecule has 0 spiro atoms. The number of barbiturate groups is 1. The lowest BCUT2D eigenvalue weighted by Gasteiger charge is -2.37. The number of halogens is 1. The summed E-state index contributed by atoms with van der Waals surface area (Å²) in [7, 11) is 0. The van der Waals surface area contributed by atoms with Crippen molar-refractivity contribution in [2.45, 2.75) is 63.8 Å². The standard InChI is InChI=1S/C28H33FN4O7S/c1-16-5-6-19(15-30-16)40-18-7-8-21(29)20(13-18)22(32-41(38)28(2,3)4)14-23(34)24-25(35)31-27(37)33(26(24)36)17-9-11-39-12-10-17/h5-8,13,15,17,22,24,32H,9-12,14H2,1-4H3,(H,31,35,37). The van der Waals surface area contributed by atoms with Crippen LogP contribution in [0, 0.1) is 18.7 Å². The number of imide groups is 2. The molecule has 4 amide bonds. The van der Waals surface area contributed by atoms with Crippen LogP contribution < -0.4 is 14.8 Å². The molecule has 0 aliphatic carbocycles. The molecular weight excluding hydrogens is 555 g/mol. The first-order chi connectivity index (χ1) is 19.3. The van der Waals surface area contributed by atoms with E-state index in [9.17, 15) is 23.7 Å². The van der Waals surface area contributed by atoms with Gasteiger partial charge in [-0.25, -0.2) is 9.18 Å². The van der Waals surface area contributed by atoms with E-state index in [1.807, 2.05) is 6.92 Å². The van der Waals surface area contributed by atoms with Gasteiger partial charge in [0, 0.05) is 48.3 Å². The molecule has 2 saturated heterocycles. The van der Waals surface area contributed by atoms with E-state index in [1.165, 1.54) is 18.3 Å². The molecule has 3 unspecified atom stereocenters. The number of nitrogens with one attached hydrogen (secondary N) is 2. The van der Waals surface area contributed by atoms with Gasteiger partial charge < -0.3 is 14.0 Å². The first kappa shape index (κ1) is 30.6. The summed E-state index contributed by atoms with van der Waals surface area (Å²) < 4.78 is 41.4. The molecule has 1 aromatic heterocycles. The quantitative estimate of drug-likeness (QED) is 0.332. The number of pyridine rings is 1. The van der Waals surface area contributed by atoms with Crippen molar-refractivity contribution in [1.29, 1.82) is 0 Å². The number of urea groups is 1. The average molecular weight is 589 g/mol. The maximum Gasteiger partial charge on any atom is 0.331 e. The van der Waals surface area contributed by atoms with Crippen LogP contribution in [0.5, 0.6) is 11.5 Å². The minimum atomic E-state index is -1.82. The molecule has 3 atom stereocenters. The van der Waals surface area contributed by atoms with E-state index < -0.39 is 70.0 Å². The maximum absolute atomic E-state index is 15.2. The van der Waals surface area contributed by atoms with Crippen molar-refractivity contribution >= 4 is 35.0 Å². The third-order valence-corrected chi connectivity index (χ3v) is 8.36. The van der Waals surface area contributed by atoms with Crippen molar-refractivity contribution in [3.05, 3.63) is 53.6 Å². The van der Waals surface area contributed by atoms with Crippen LogP contribution in [-0.4, -0.2) is 62.1 Å². The molecule has 0 radical (unpaired) electrons. The molecule has 4 rings (SSSR count). The molecule has 2 aliphatic heterocycles. The number of nitrogens with zero attached hydrogens (tertiary/aromatic N) is 2. The van der Waals surface area contributed by atoms with Gasteiger partial charge in [-0.1, -0.05) is 0 Å². The monoisotopic (exact) mass is 588 g/mol. The molecule has 2 aromatic rings. The topological polar surface area (TPSA) is 150 Å². The van der Waals surface area contributed by atoms with Gasteiger partial charge >= 0.3 is 6.03 Å². The van der Waals surface area contributed by atoms with Crippen LogP contribution in [0.3, 0.4) is 0 Å². The van der Waals surface area contributed by atoms with E-state index in [1.54, 1.807) is 32.9 Å². The van der Waals surface area contributed by atoms with Gasteiger partial charge in [-0.15, -0.1) is 4.72 Å². The van der Waals surface area contributed by atoms with Gasteiger partial charge in [0.25, 0.3) is 5.91 Å². The molecule has 2 aliphatic rings. The Kier molecular flexibility index (Phi) is 9.42. The fourth-order valence-electron chi connectivity index (χ4n) is 4.51. The Morgan fingerprint density at radius 3 is 2.54 bits per heavy atom. The van der Waals surface area contributed by atoms with E-state index in [0.29, 0.717) is 31.8 Å². The van der Waals surface area contributed by atoms with Crippen molar-refractivity contribution < 1.29 is 37.6 Å². The van der Waals surface area contributed by atoms with E-state index >= 15 is 4.39 Å². The highest BCUT2D eigenvalue weighted by Gasteiger charge is 2.48. The summed E-state index contributed by atoms with van der Waals surface area (Å²) >= 11 is -1.76. The van der Waals surface area contributed by atoms with Crippen molar-refractivity contribution in [2.75, 3.05) is 13.2 Å². The van der Waals surface area contributed by atoms with E-state index in [-0.39, 0.29) is 11.3 Å². The third kappa shape index (κ3) is 7.28. The summed E-state index contributed by atoms with van der Waals surface area (Å²) in [4.78, 5) is 57.2. The Morgan fingerprint density at radius 1 is 1.22 bits per heavy atom. The highest BCUT2D eigenvalue weighted by molar-refractivity contribution is 7.90. The Bertz CT molecular complexity index is 1310. The van der Waals surface area contributed by atoms with Crippen LogP contribution in [0.15, 0.2) is 36.5 Å². The Labute approximate surface area is 240 Å². The van der Waals surface area contributed by atoms with Gasteiger partial charge in [-0.05, 0) is 70.9 Å². The largest absolute Gasteiger partial charge is 0.598 e. The number of Topliss-reactive ketones (excluding diaryl/α,β-unsaturated/α-hetero) is 1. The van der Waals surface area contributed by atoms with Gasteiger partial charge in [0.2, 0.25) is 5.91 Å². The molecule has 1 aromatic carbocycles. The van der Waals surface area contributed by atoms with Crippen LogP contribution in [0.2, 0.25) is 0 Å². The number of amides is 4. The van der Waals surface area contributed by atoms with Gasteiger partial charge in [0.15, 0.2) is 11.7 Å². The van der Waals surface area contributed by atoms with Crippen LogP contribution in [0.25, 0.3) is 0 Å². The summed E-state index contributed by atoms with van der Waals surface area (Å²) in [5, 5.41) is 2.10. The first-order valence-electron chi connectivity index (χ1n) is 13.2. The minimum absolute atomic E-state index is 0.0467. The number of hydrogen-bond donors (Lipinski definition) is 2. The zero-order valence-corrected chi connectivity index (χ0v) is 24.1. The van der Waals surface area contributed by atoms with E-state index in [4.69, 9.17) is 9.47 Å². The average Bonchev–Trinajstić information content (AvgIpc) is 2.90. The molecule has 2 N–H and O–H groups in total. The van der Waals surface area contributed by atoms with Gasteiger partial charge in [-0.2, -0.15) is 0 Å². The van der Waals surface area contributed by atoms with Crippen molar-refractivity contribution in [1.82, 2.24) is 19.9 Å². The number of carbonyl (C=O) groups is 4. The number of aromatic nitrogens is 1. The van der Waals surface area contributed by atoms with E-state index in [2.05, 4.69) is 15.0 Å². The molecule has 13 heteroatoms. The Balaban J connectivity index is 1.62. The number of benzene rings is 1. The summed E-state index contributed by atoms with van der Waals surface area (Å²) in [6.45, 7) is 7.57. The molecule has 11 nitrogen and oxygen atoms in total. The van der Waals surface area contributed by atoms with Crippen LogP contribution in [0.1, 0.15) is 57.3 Å². The number of rotatable bonds is 9. The first-order valence-corrected chi connectivity index (χ1v) is 14.4. The highest BCUT2D eigenvalue weighted by atomic mass is 32.2. The second-order valence-electron chi connectivity index (χ2n) is 10.9. The zero-order valence-electron chi connectivity index (χ0n) is 23.3. The lowest BCUT2D eigenvalue weighted by Crippen LogP contribution is -2.63. The zero-order chi connectivity index (χ0) is 29.9. The predicted octanol–water partition coefficient (Wildman–Crippen LogP) is 3.25. The predicted molar refractivity (Wildman–Crippen MR) is 147 cm³/mol. The number of ether oxygens (including phenoxy) is 2. The van der Waals surface area contributed by atoms with Crippen LogP contribution in [-0.2, 0) is 30.5 Å². The second kappa shape index (κ2) is 12.6. The van der Waals surface area contributed by atoms with Crippen molar-refractivity contribution in [2.24, 2.45) is 5.92 Å². The molecule has 220 valence electrons. The summed E-state index contributed by atoms with van der Waals surface area (Å²) in [5.74, 6) is -4.74. The van der Waals surface area contributed by atoms with Gasteiger partial charge in [0.05, 0.1) is 12.2 Å². The van der Waals surface area contributed by atoms with Gasteiger partial charge in [-0.3, -0.25) is 29.6 Å². The lowest BCUT2D eigenvalue weighted by molar-refractivity contribution is -0.149. The molecule has 3 heterocycles. The minimum Gasteiger partial charge on any atom is -0.598 e. The second-order valence-corrected chi connectivity index (χ2v) is 12.9. The van der Waals surface area contributed by atoms with Crippen molar-refractivity contribution in [3.63, 3.8) is 0 Å². The number of ketones is 1. The maximum atomic E-state index is 15.2. The molecule has 2 fully saturated rings. The normalized spacial score (nSPS) is 20.0. The third-order valence-electron chi connectivity index (χ3n) is 6.75. The molecule has 41 heavy (non-hydrogen) atoms. The molecule has 0 bridgehead atoms. The number of carbonyl (C=O) groups excluding carboxylic acids is 4. The van der Waals surface area contributed by atoms with Gasteiger partial charge in [0.1, 0.15) is 22.1 Å². The van der Waals surface area contributed by atoms with E-state index in [0.717, 1.165) is 16.7 Å². The summed E-state index contributed by atoms with van der Waals surface area (Å²) in [6.07, 6.45) is 1.69. The summed E-state index contributed by atoms with van der Waals surface area (Å²) in [5.41, 5.74) is 0.734. The summed E-state index contributed by atoms with van der Waals surface area (Å²) in [6, 6.07) is 4.74. The fraction of sp³-hybridized carbons (Fsp3) is 0.464. The SMILES string of the molecule is Cc1ccc(Oc2ccc(F)c(C(CC(=O)C3C(=O)NC(=O)N(C4CCOCC4)C3=O)N[S+]([O-])C(C)(C)C)c2)cn1. The Hall–Kier alpha value is -3.39. The number of hydrogen-bond acceptors (Lipinski definition) is 9. The fourth-order valence-corrected chi connectivity index (χ4v) is 5.33. The van der Waals surface area contributed by atoms with Crippen molar-refractivity contribution in [3.8, 4) is 11.5 Å².